The zero-order valence-electron chi connectivity index (χ0n) is 24.7. The first-order valence-electron chi connectivity index (χ1n) is 14.5. The van der Waals surface area contributed by atoms with E-state index in [0.29, 0.717) is 22.2 Å². The number of benzene rings is 4. The molecule has 0 radical (unpaired) electrons. The minimum absolute atomic E-state index is 0.0110. The summed E-state index contributed by atoms with van der Waals surface area (Å²) in [6.07, 6.45) is 1.82. The van der Waals surface area contributed by atoms with Crippen LogP contribution in [-0.4, -0.2) is 44.3 Å². The van der Waals surface area contributed by atoms with E-state index in [-0.39, 0.29) is 34.5 Å². The van der Waals surface area contributed by atoms with Crippen LogP contribution >= 0.6 is 34.8 Å². The number of halogens is 3. The third-order valence-electron chi connectivity index (χ3n) is 7.19. The maximum absolute atomic E-state index is 14.5. The fourth-order valence-electron chi connectivity index (χ4n) is 4.78. The van der Waals surface area contributed by atoms with Gasteiger partial charge in [-0.25, -0.2) is 8.42 Å². The molecule has 0 saturated heterocycles. The van der Waals surface area contributed by atoms with Crippen LogP contribution in [0.25, 0.3) is 0 Å². The number of hydrogen-bond acceptors (Lipinski definition) is 4. The Labute approximate surface area is 279 Å². The van der Waals surface area contributed by atoms with Crippen LogP contribution in [-0.2, 0) is 32.6 Å². The molecule has 0 heterocycles. The van der Waals surface area contributed by atoms with Gasteiger partial charge in [0.05, 0.1) is 15.6 Å². The highest BCUT2D eigenvalue weighted by molar-refractivity contribution is 7.92. The Kier molecular flexibility index (Phi) is 12.3. The zero-order valence-corrected chi connectivity index (χ0v) is 27.8. The van der Waals surface area contributed by atoms with Gasteiger partial charge < -0.3 is 10.2 Å². The van der Waals surface area contributed by atoms with Gasteiger partial charge in [0, 0.05) is 29.6 Å². The lowest BCUT2D eigenvalue weighted by Crippen LogP contribution is -2.53. The Hall–Kier alpha value is -3.56. The van der Waals surface area contributed by atoms with E-state index in [4.69, 9.17) is 34.8 Å². The molecular weight excluding hydrogens is 653 g/mol. The number of nitrogens with one attached hydrogen (secondary N) is 1. The summed E-state index contributed by atoms with van der Waals surface area (Å²) in [6, 6.07) is 27.5. The average molecular weight is 687 g/mol. The Balaban J connectivity index is 1.81. The van der Waals surface area contributed by atoms with Gasteiger partial charge in [0.2, 0.25) is 11.8 Å². The Bertz CT molecular complexity index is 1710. The number of nitrogens with zero attached hydrogens (tertiary/aromatic N) is 2. The molecule has 45 heavy (non-hydrogen) atoms. The molecule has 0 saturated carbocycles. The third-order valence-corrected chi connectivity index (χ3v) is 9.87. The standard InChI is InChI=1S/C34H34Cl3N3O4S/c1-2-3-20-38-34(42)32(21-25-12-6-4-7-13-25)39(23-26-18-19-27(35)22-30(26)37)33(41)24-40(31-17-11-10-16-29(31)36)45(43,44)28-14-8-5-9-15-28/h4-19,22,32H,2-3,20-21,23-24H2,1H3,(H,38,42). The zero-order chi connectivity index (χ0) is 32.4. The Morgan fingerprint density at radius 3 is 2.11 bits per heavy atom. The van der Waals surface area contributed by atoms with E-state index >= 15 is 0 Å². The van der Waals surface area contributed by atoms with Crippen molar-refractivity contribution in [2.45, 2.75) is 43.7 Å². The van der Waals surface area contributed by atoms with Gasteiger partial charge in [-0.2, -0.15) is 0 Å². The molecule has 4 rings (SSSR count). The van der Waals surface area contributed by atoms with E-state index in [2.05, 4.69) is 5.32 Å². The lowest BCUT2D eigenvalue weighted by atomic mass is 10.0. The summed E-state index contributed by atoms with van der Waals surface area (Å²) in [5.41, 5.74) is 1.50. The van der Waals surface area contributed by atoms with Gasteiger partial charge in [-0.1, -0.05) is 115 Å². The SMILES string of the molecule is CCCCNC(=O)C(Cc1ccccc1)N(Cc1ccc(Cl)cc1Cl)C(=O)CN(c1ccccc1Cl)S(=O)(=O)c1ccccc1. The highest BCUT2D eigenvalue weighted by atomic mass is 35.5. The molecule has 1 N–H and O–H groups in total. The second-order valence-electron chi connectivity index (χ2n) is 10.4. The van der Waals surface area contributed by atoms with Gasteiger partial charge in [-0.3, -0.25) is 13.9 Å². The van der Waals surface area contributed by atoms with Crippen LogP contribution in [0.4, 0.5) is 5.69 Å². The van der Waals surface area contributed by atoms with Crippen LogP contribution in [0.1, 0.15) is 30.9 Å². The molecule has 7 nitrogen and oxygen atoms in total. The fourth-order valence-corrected chi connectivity index (χ4v) is 6.99. The van der Waals surface area contributed by atoms with Crippen LogP contribution in [0.5, 0.6) is 0 Å². The second kappa shape index (κ2) is 16.1. The number of rotatable bonds is 14. The Morgan fingerprint density at radius 1 is 0.822 bits per heavy atom. The number of amides is 2. The van der Waals surface area contributed by atoms with Crippen LogP contribution in [0, 0.1) is 0 Å². The lowest BCUT2D eigenvalue weighted by Gasteiger charge is -2.34. The van der Waals surface area contributed by atoms with Gasteiger partial charge in [-0.05, 0) is 53.9 Å². The quantitative estimate of drug-likeness (QED) is 0.140. The van der Waals surface area contributed by atoms with Crippen molar-refractivity contribution in [1.82, 2.24) is 10.2 Å². The number of anilines is 1. The molecule has 0 aromatic heterocycles. The summed E-state index contributed by atoms with van der Waals surface area (Å²) >= 11 is 19.2. The van der Waals surface area contributed by atoms with Crippen molar-refractivity contribution in [3.63, 3.8) is 0 Å². The van der Waals surface area contributed by atoms with E-state index in [9.17, 15) is 18.0 Å². The number of sulfonamides is 1. The number of carbonyl (C=O) groups is 2. The second-order valence-corrected chi connectivity index (χ2v) is 13.5. The molecule has 0 aliphatic carbocycles. The van der Waals surface area contributed by atoms with Gasteiger partial charge in [0.15, 0.2) is 0 Å². The van der Waals surface area contributed by atoms with Crippen molar-refractivity contribution >= 4 is 62.3 Å². The van der Waals surface area contributed by atoms with Gasteiger partial charge in [0.25, 0.3) is 10.0 Å². The van der Waals surface area contributed by atoms with E-state index in [1.807, 2.05) is 37.3 Å². The molecule has 0 spiro atoms. The number of carbonyl (C=O) groups excluding carboxylic acids is 2. The summed E-state index contributed by atoms with van der Waals surface area (Å²) in [5.74, 6) is -0.979. The molecule has 0 aliphatic rings. The van der Waals surface area contributed by atoms with Crippen LogP contribution < -0.4 is 9.62 Å². The van der Waals surface area contributed by atoms with Gasteiger partial charge in [-0.15, -0.1) is 0 Å². The molecule has 0 aliphatic heterocycles. The van der Waals surface area contributed by atoms with E-state index < -0.39 is 28.5 Å². The first-order chi connectivity index (χ1) is 21.6. The highest BCUT2D eigenvalue weighted by Gasteiger charge is 2.35. The molecule has 4 aromatic rings. The summed E-state index contributed by atoms with van der Waals surface area (Å²) < 4.78 is 29.1. The molecule has 0 fully saturated rings. The molecular formula is C34H34Cl3N3O4S. The molecule has 2 amide bonds. The van der Waals surface area contributed by atoms with E-state index in [0.717, 1.165) is 22.7 Å². The van der Waals surface area contributed by atoms with Crippen molar-refractivity contribution in [2.75, 3.05) is 17.4 Å². The summed E-state index contributed by atoms with van der Waals surface area (Å²) in [5, 5.41) is 3.83. The summed E-state index contributed by atoms with van der Waals surface area (Å²) in [6.45, 7) is 1.75. The first kappa shape index (κ1) is 34.3. The van der Waals surface area contributed by atoms with Crippen molar-refractivity contribution in [3.8, 4) is 0 Å². The van der Waals surface area contributed by atoms with Crippen LogP contribution in [0.3, 0.4) is 0 Å². The predicted molar refractivity (Wildman–Crippen MR) is 181 cm³/mol. The van der Waals surface area contributed by atoms with Crippen molar-refractivity contribution in [2.24, 2.45) is 0 Å². The first-order valence-corrected chi connectivity index (χ1v) is 17.1. The number of para-hydroxylation sites is 1. The highest BCUT2D eigenvalue weighted by Crippen LogP contribution is 2.31. The summed E-state index contributed by atoms with van der Waals surface area (Å²) in [4.78, 5) is 29.7. The number of unbranched alkanes of at least 4 members (excludes halogenated alkanes) is 1. The minimum atomic E-state index is -4.26. The number of hydrogen-bond donors (Lipinski definition) is 1. The fraction of sp³-hybridized carbons (Fsp3) is 0.235. The monoisotopic (exact) mass is 685 g/mol. The molecule has 4 aromatic carbocycles. The van der Waals surface area contributed by atoms with Gasteiger partial charge >= 0.3 is 0 Å². The maximum Gasteiger partial charge on any atom is 0.264 e. The average Bonchev–Trinajstić information content (AvgIpc) is 3.03. The molecule has 0 bridgehead atoms. The molecule has 236 valence electrons. The smallest absolute Gasteiger partial charge is 0.264 e. The summed E-state index contributed by atoms with van der Waals surface area (Å²) in [7, 11) is -4.26. The Morgan fingerprint density at radius 2 is 1.47 bits per heavy atom. The van der Waals surface area contributed by atoms with E-state index in [1.165, 1.54) is 23.1 Å². The van der Waals surface area contributed by atoms with Crippen molar-refractivity contribution < 1.29 is 18.0 Å². The predicted octanol–water partition coefficient (Wildman–Crippen LogP) is 7.40. The van der Waals surface area contributed by atoms with Crippen molar-refractivity contribution in [1.29, 1.82) is 0 Å². The molecule has 1 unspecified atom stereocenters. The molecule has 1 atom stereocenters. The van der Waals surface area contributed by atoms with Gasteiger partial charge in [0.1, 0.15) is 12.6 Å². The third kappa shape index (κ3) is 9.01. The van der Waals surface area contributed by atoms with Crippen molar-refractivity contribution in [3.05, 3.63) is 129 Å². The van der Waals surface area contributed by atoms with Crippen LogP contribution in [0.15, 0.2) is 108 Å². The van der Waals surface area contributed by atoms with Crippen LogP contribution in [0.2, 0.25) is 15.1 Å². The van der Waals surface area contributed by atoms with E-state index in [1.54, 1.807) is 54.6 Å². The maximum atomic E-state index is 14.5. The largest absolute Gasteiger partial charge is 0.354 e. The topological polar surface area (TPSA) is 86.8 Å². The molecule has 11 heteroatoms. The minimum Gasteiger partial charge on any atom is -0.354 e. The lowest BCUT2D eigenvalue weighted by molar-refractivity contribution is -0.140. The normalized spacial score (nSPS) is 11.9.